The van der Waals surface area contributed by atoms with E-state index in [9.17, 15) is 8.42 Å². The molecule has 7 heteroatoms. The van der Waals surface area contributed by atoms with Gasteiger partial charge in [0, 0.05) is 26.4 Å². The zero-order chi connectivity index (χ0) is 14.6. The van der Waals surface area contributed by atoms with Crippen LogP contribution >= 0.6 is 0 Å². The Balaban J connectivity index is 3.28. The van der Waals surface area contributed by atoms with E-state index in [1.165, 1.54) is 6.26 Å². The highest BCUT2D eigenvalue weighted by molar-refractivity contribution is 7.91. The molecule has 0 unspecified atom stereocenters. The minimum absolute atomic E-state index is 0.152. The summed E-state index contributed by atoms with van der Waals surface area (Å²) in [6.45, 7) is 5.49. The van der Waals surface area contributed by atoms with Crippen LogP contribution in [0.3, 0.4) is 0 Å². The van der Waals surface area contributed by atoms with Gasteiger partial charge >= 0.3 is 0 Å². The summed E-state index contributed by atoms with van der Waals surface area (Å²) in [5.74, 6) is 0.701. The first kappa shape index (κ1) is 15.8. The fraction of sp³-hybridized carbons (Fsp3) is 0.750. The maximum Gasteiger partial charge on any atom is 0.182 e. The maximum absolute atomic E-state index is 11.9. The van der Waals surface area contributed by atoms with Gasteiger partial charge in [-0.25, -0.2) is 13.1 Å². The Morgan fingerprint density at radius 2 is 1.95 bits per heavy atom. The first-order valence-corrected chi connectivity index (χ1v) is 8.49. The van der Waals surface area contributed by atoms with Crippen molar-refractivity contribution in [3.8, 4) is 0 Å². The fourth-order valence-corrected chi connectivity index (χ4v) is 2.98. The van der Waals surface area contributed by atoms with Crippen molar-refractivity contribution >= 4 is 21.5 Å². The smallest absolute Gasteiger partial charge is 0.182 e. The van der Waals surface area contributed by atoms with Gasteiger partial charge in [0.1, 0.15) is 5.82 Å². The van der Waals surface area contributed by atoms with Gasteiger partial charge in [0.05, 0.1) is 0 Å². The second-order valence-corrected chi connectivity index (χ2v) is 6.76. The van der Waals surface area contributed by atoms with Crippen LogP contribution in [0.25, 0.3) is 0 Å². The lowest BCUT2D eigenvalue weighted by Crippen LogP contribution is -2.20. The van der Waals surface area contributed by atoms with Crippen molar-refractivity contribution in [2.24, 2.45) is 0 Å². The van der Waals surface area contributed by atoms with Crippen molar-refractivity contribution in [2.75, 3.05) is 30.5 Å². The van der Waals surface area contributed by atoms with Crippen LogP contribution < -0.4 is 10.6 Å². The average molecular weight is 288 g/mol. The first-order valence-electron chi connectivity index (χ1n) is 6.60. The molecular formula is C12H24N4O2S. The molecular weight excluding hydrogens is 264 g/mol. The molecule has 0 saturated carbocycles. The van der Waals surface area contributed by atoms with E-state index in [1.807, 2.05) is 18.9 Å². The van der Waals surface area contributed by atoms with E-state index < -0.39 is 9.84 Å². The third-order valence-electron chi connectivity index (χ3n) is 2.94. The fourth-order valence-electron chi connectivity index (χ4n) is 1.97. The second-order valence-electron chi connectivity index (χ2n) is 4.81. The number of hydrogen-bond acceptors (Lipinski definition) is 5. The minimum atomic E-state index is -3.38. The van der Waals surface area contributed by atoms with Gasteiger partial charge in [-0.15, -0.1) is 0 Å². The number of aryl methyl sites for hydroxylation is 1. The molecule has 0 aliphatic heterocycles. The van der Waals surface area contributed by atoms with Crippen LogP contribution in [-0.2, 0) is 16.4 Å². The quantitative estimate of drug-likeness (QED) is 0.822. The van der Waals surface area contributed by atoms with Crippen LogP contribution in [-0.4, -0.2) is 38.0 Å². The van der Waals surface area contributed by atoms with Crippen LogP contribution in [0.4, 0.5) is 11.6 Å². The zero-order valence-corrected chi connectivity index (χ0v) is 13.0. The summed E-state index contributed by atoms with van der Waals surface area (Å²) >= 11 is 0. The van der Waals surface area contributed by atoms with E-state index in [0.717, 1.165) is 25.8 Å². The summed E-state index contributed by atoms with van der Waals surface area (Å²) < 4.78 is 25.4. The Bertz CT molecular complexity index is 522. The molecule has 2 N–H and O–H groups in total. The molecule has 0 radical (unpaired) electrons. The largest absolute Gasteiger partial charge is 0.383 e. The summed E-state index contributed by atoms with van der Waals surface area (Å²) in [5, 5.41) is 4.37. The van der Waals surface area contributed by atoms with Crippen LogP contribution in [0.1, 0.15) is 33.1 Å². The number of nitrogens with zero attached hydrogens (tertiary/aromatic N) is 3. The summed E-state index contributed by atoms with van der Waals surface area (Å²) in [4.78, 5) is 1.99. The molecule has 0 aliphatic rings. The van der Waals surface area contributed by atoms with Gasteiger partial charge in [0.2, 0.25) is 0 Å². The number of nitrogen functional groups attached to an aromatic ring is 1. The zero-order valence-electron chi connectivity index (χ0n) is 12.2. The standard InChI is InChI=1S/C12H24N4O2S/c1-5-7-9-16-11(13)10(19(4,17)18)12(14-16)15(3)8-6-2/h5-9,13H2,1-4H3. The molecule has 0 saturated heterocycles. The van der Waals surface area contributed by atoms with Gasteiger partial charge in [-0.1, -0.05) is 20.3 Å². The van der Waals surface area contributed by atoms with Crippen molar-refractivity contribution in [3.05, 3.63) is 0 Å². The normalized spacial score (nSPS) is 11.8. The molecule has 19 heavy (non-hydrogen) atoms. The van der Waals surface area contributed by atoms with Crippen LogP contribution in [0.5, 0.6) is 0 Å². The highest BCUT2D eigenvalue weighted by Gasteiger charge is 2.25. The Morgan fingerprint density at radius 3 is 2.42 bits per heavy atom. The van der Waals surface area contributed by atoms with Crippen molar-refractivity contribution in [2.45, 2.75) is 44.6 Å². The summed E-state index contributed by atoms with van der Waals surface area (Å²) in [5.41, 5.74) is 5.96. The van der Waals surface area contributed by atoms with Crippen molar-refractivity contribution in [1.82, 2.24) is 9.78 Å². The summed E-state index contributed by atoms with van der Waals surface area (Å²) in [7, 11) is -1.54. The molecule has 110 valence electrons. The van der Waals surface area contributed by atoms with Crippen molar-refractivity contribution in [1.29, 1.82) is 0 Å². The van der Waals surface area contributed by atoms with Crippen LogP contribution in [0.15, 0.2) is 4.90 Å². The lowest BCUT2D eigenvalue weighted by molar-refractivity contribution is 0.576. The number of rotatable bonds is 7. The molecule has 0 bridgehead atoms. The molecule has 1 aromatic heterocycles. The first-order chi connectivity index (χ1) is 8.82. The number of aromatic nitrogens is 2. The maximum atomic E-state index is 11.9. The van der Waals surface area contributed by atoms with E-state index in [0.29, 0.717) is 12.4 Å². The molecule has 0 aromatic carbocycles. The molecule has 6 nitrogen and oxygen atoms in total. The van der Waals surface area contributed by atoms with Gasteiger partial charge in [0.15, 0.2) is 20.6 Å². The van der Waals surface area contributed by atoms with Crippen LogP contribution in [0.2, 0.25) is 0 Å². The Morgan fingerprint density at radius 1 is 1.32 bits per heavy atom. The lowest BCUT2D eigenvalue weighted by atomic mass is 10.3. The van der Waals surface area contributed by atoms with Gasteiger partial charge in [-0.2, -0.15) is 5.10 Å². The third kappa shape index (κ3) is 3.62. The van der Waals surface area contributed by atoms with E-state index in [4.69, 9.17) is 5.73 Å². The predicted octanol–water partition coefficient (Wildman–Crippen LogP) is 1.52. The highest BCUT2D eigenvalue weighted by atomic mass is 32.2. The number of unbranched alkanes of at least 4 members (excludes halogenated alkanes) is 1. The number of anilines is 2. The molecule has 0 aliphatic carbocycles. The summed E-state index contributed by atoms with van der Waals surface area (Å²) in [6.07, 6.45) is 4.02. The highest BCUT2D eigenvalue weighted by Crippen LogP contribution is 2.29. The molecule has 1 rings (SSSR count). The number of sulfone groups is 1. The second kappa shape index (κ2) is 6.27. The molecule has 0 fully saturated rings. The average Bonchev–Trinajstić information content (AvgIpc) is 2.64. The topological polar surface area (TPSA) is 81.2 Å². The Hall–Kier alpha value is -1.24. The van der Waals surface area contributed by atoms with E-state index in [1.54, 1.807) is 4.68 Å². The SMILES string of the molecule is CCCCn1nc(N(C)CCC)c(S(C)(=O)=O)c1N. The van der Waals surface area contributed by atoms with E-state index in [2.05, 4.69) is 12.0 Å². The molecule has 1 heterocycles. The lowest BCUT2D eigenvalue weighted by Gasteiger charge is -2.16. The molecule has 0 spiro atoms. The molecule has 0 atom stereocenters. The third-order valence-corrected chi connectivity index (χ3v) is 4.08. The monoisotopic (exact) mass is 288 g/mol. The van der Waals surface area contributed by atoms with Crippen molar-refractivity contribution < 1.29 is 8.42 Å². The Labute approximate surface area is 115 Å². The van der Waals surface area contributed by atoms with Crippen molar-refractivity contribution in [3.63, 3.8) is 0 Å². The molecule has 1 aromatic rings. The van der Waals surface area contributed by atoms with E-state index >= 15 is 0 Å². The van der Waals surface area contributed by atoms with Gasteiger partial charge in [0.25, 0.3) is 0 Å². The predicted molar refractivity (Wildman–Crippen MR) is 78.2 cm³/mol. The molecule has 0 amide bonds. The Kier molecular flexibility index (Phi) is 5.22. The van der Waals surface area contributed by atoms with Gasteiger partial charge < -0.3 is 10.6 Å². The number of nitrogens with two attached hydrogens (primary N) is 1. The van der Waals surface area contributed by atoms with E-state index in [-0.39, 0.29) is 10.7 Å². The van der Waals surface area contributed by atoms with Gasteiger partial charge in [-0.3, -0.25) is 0 Å². The van der Waals surface area contributed by atoms with Gasteiger partial charge in [-0.05, 0) is 12.8 Å². The summed E-state index contributed by atoms with van der Waals surface area (Å²) in [6, 6.07) is 0. The minimum Gasteiger partial charge on any atom is -0.383 e. The van der Waals surface area contributed by atoms with Crippen LogP contribution in [0, 0.1) is 0 Å². The number of hydrogen-bond donors (Lipinski definition) is 1.